The molecule has 140 valence electrons. The Labute approximate surface area is 152 Å². The van der Waals surface area contributed by atoms with Crippen LogP contribution < -0.4 is 15.0 Å². The molecule has 1 aromatic rings. The SMILES string of the molecule is Cl.O=C(COc1cc(F)c(N2CCNCC2)c(F)c1)N1CCCCC1. The highest BCUT2D eigenvalue weighted by atomic mass is 35.5. The van der Waals surface area contributed by atoms with Crippen LogP contribution in [0.5, 0.6) is 5.75 Å². The van der Waals surface area contributed by atoms with Gasteiger partial charge in [-0.1, -0.05) is 0 Å². The molecule has 0 spiro atoms. The summed E-state index contributed by atoms with van der Waals surface area (Å²) in [6.07, 6.45) is 3.12. The minimum Gasteiger partial charge on any atom is -0.484 e. The maximum atomic E-state index is 14.3. The minimum absolute atomic E-state index is 0. The van der Waals surface area contributed by atoms with Crippen LogP contribution in [0, 0.1) is 11.6 Å². The van der Waals surface area contributed by atoms with Gasteiger partial charge in [-0.2, -0.15) is 0 Å². The van der Waals surface area contributed by atoms with Crippen molar-refractivity contribution in [1.29, 1.82) is 0 Å². The first-order valence-corrected chi connectivity index (χ1v) is 8.50. The molecule has 2 aliphatic heterocycles. The van der Waals surface area contributed by atoms with Gasteiger partial charge in [0.25, 0.3) is 5.91 Å². The van der Waals surface area contributed by atoms with E-state index in [4.69, 9.17) is 4.74 Å². The van der Waals surface area contributed by atoms with Gasteiger partial charge in [-0.3, -0.25) is 4.79 Å². The van der Waals surface area contributed by atoms with E-state index in [-0.39, 0.29) is 36.4 Å². The molecular weight excluding hydrogens is 352 g/mol. The Morgan fingerprint density at radius 3 is 2.24 bits per heavy atom. The van der Waals surface area contributed by atoms with Crippen LogP contribution >= 0.6 is 12.4 Å². The third-order valence-electron chi connectivity index (χ3n) is 4.49. The van der Waals surface area contributed by atoms with Gasteiger partial charge >= 0.3 is 0 Å². The number of rotatable bonds is 4. The molecule has 0 unspecified atom stereocenters. The first kappa shape index (κ1) is 19.7. The van der Waals surface area contributed by atoms with Crippen molar-refractivity contribution in [3.05, 3.63) is 23.8 Å². The summed E-state index contributed by atoms with van der Waals surface area (Å²) >= 11 is 0. The van der Waals surface area contributed by atoms with Gasteiger partial charge in [0.05, 0.1) is 0 Å². The van der Waals surface area contributed by atoms with Crippen LogP contribution in [0.1, 0.15) is 19.3 Å². The Morgan fingerprint density at radius 1 is 1.04 bits per heavy atom. The number of nitrogens with one attached hydrogen (secondary N) is 1. The van der Waals surface area contributed by atoms with E-state index in [1.165, 1.54) is 0 Å². The van der Waals surface area contributed by atoms with E-state index in [0.717, 1.165) is 44.5 Å². The molecule has 0 atom stereocenters. The van der Waals surface area contributed by atoms with Crippen molar-refractivity contribution in [2.24, 2.45) is 0 Å². The van der Waals surface area contributed by atoms with Crippen molar-refractivity contribution < 1.29 is 18.3 Å². The number of ether oxygens (including phenoxy) is 1. The number of hydrogen-bond donors (Lipinski definition) is 1. The molecular formula is C17H24ClF2N3O2. The average molecular weight is 376 g/mol. The lowest BCUT2D eigenvalue weighted by Gasteiger charge is -2.30. The number of likely N-dealkylation sites (tertiary alicyclic amines) is 1. The summed E-state index contributed by atoms with van der Waals surface area (Å²) < 4.78 is 33.9. The molecule has 0 aliphatic carbocycles. The Morgan fingerprint density at radius 2 is 1.64 bits per heavy atom. The fraction of sp³-hybridized carbons (Fsp3) is 0.588. The number of halogens is 3. The maximum absolute atomic E-state index is 14.3. The monoisotopic (exact) mass is 375 g/mol. The fourth-order valence-corrected chi connectivity index (χ4v) is 3.20. The van der Waals surface area contributed by atoms with Crippen LogP contribution in [-0.4, -0.2) is 56.7 Å². The van der Waals surface area contributed by atoms with Crippen LogP contribution in [0.25, 0.3) is 0 Å². The van der Waals surface area contributed by atoms with Crippen molar-refractivity contribution in [1.82, 2.24) is 10.2 Å². The molecule has 25 heavy (non-hydrogen) atoms. The number of amides is 1. The lowest BCUT2D eigenvalue weighted by atomic mass is 10.1. The number of anilines is 1. The third kappa shape index (κ3) is 4.95. The molecule has 0 radical (unpaired) electrons. The van der Waals surface area contributed by atoms with E-state index >= 15 is 0 Å². The van der Waals surface area contributed by atoms with Crippen LogP contribution in [0.4, 0.5) is 14.5 Å². The van der Waals surface area contributed by atoms with Gasteiger partial charge in [-0.05, 0) is 19.3 Å². The third-order valence-corrected chi connectivity index (χ3v) is 4.49. The molecule has 2 aliphatic rings. The van der Waals surface area contributed by atoms with Gasteiger partial charge in [0.2, 0.25) is 0 Å². The van der Waals surface area contributed by atoms with Crippen molar-refractivity contribution in [3.63, 3.8) is 0 Å². The first-order valence-electron chi connectivity index (χ1n) is 8.50. The van der Waals surface area contributed by atoms with Gasteiger partial charge in [0.15, 0.2) is 18.2 Å². The second kappa shape index (κ2) is 9.20. The highest BCUT2D eigenvalue weighted by Crippen LogP contribution is 2.28. The van der Waals surface area contributed by atoms with Crippen LogP contribution in [-0.2, 0) is 4.79 Å². The lowest BCUT2D eigenvalue weighted by Crippen LogP contribution is -2.44. The zero-order valence-electron chi connectivity index (χ0n) is 14.1. The van der Waals surface area contributed by atoms with Crippen molar-refractivity contribution in [3.8, 4) is 5.75 Å². The Kier molecular flexibility index (Phi) is 7.25. The topological polar surface area (TPSA) is 44.8 Å². The lowest BCUT2D eigenvalue weighted by molar-refractivity contribution is -0.134. The molecule has 5 nitrogen and oxygen atoms in total. The molecule has 1 aromatic carbocycles. The predicted octanol–water partition coefficient (Wildman–Crippen LogP) is 2.19. The molecule has 8 heteroatoms. The molecule has 1 N–H and O–H groups in total. The summed E-state index contributed by atoms with van der Waals surface area (Å²) in [5, 5.41) is 3.15. The van der Waals surface area contributed by atoms with Gasteiger partial charge < -0.3 is 19.9 Å². The Hall–Kier alpha value is -1.60. The van der Waals surface area contributed by atoms with E-state index < -0.39 is 11.6 Å². The largest absolute Gasteiger partial charge is 0.484 e. The summed E-state index contributed by atoms with van der Waals surface area (Å²) in [6.45, 7) is 3.78. The van der Waals surface area contributed by atoms with Crippen LogP contribution in [0.2, 0.25) is 0 Å². The van der Waals surface area contributed by atoms with Crippen LogP contribution in [0.15, 0.2) is 12.1 Å². The molecule has 0 aromatic heterocycles. The van der Waals surface area contributed by atoms with Crippen molar-refractivity contribution in [2.45, 2.75) is 19.3 Å². The highest BCUT2D eigenvalue weighted by molar-refractivity contribution is 5.85. The molecule has 2 saturated heterocycles. The van der Waals surface area contributed by atoms with Crippen LogP contribution in [0.3, 0.4) is 0 Å². The number of nitrogens with zero attached hydrogens (tertiary/aromatic N) is 2. The summed E-state index contributed by atoms with van der Waals surface area (Å²) in [4.78, 5) is 15.5. The molecule has 0 saturated carbocycles. The second-order valence-corrected chi connectivity index (χ2v) is 6.20. The van der Waals surface area contributed by atoms with E-state index in [0.29, 0.717) is 26.2 Å². The number of piperidine rings is 1. The number of carbonyl (C=O) groups is 1. The smallest absolute Gasteiger partial charge is 0.260 e. The summed E-state index contributed by atoms with van der Waals surface area (Å²) in [5.74, 6) is -1.40. The quantitative estimate of drug-likeness (QED) is 0.876. The van der Waals surface area contributed by atoms with Gasteiger partial charge in [0, 0.05) is 51.4 Å². The van der Waals surface area contributed by atoms with E-state index in [2.05, 4.69) is 5.32 Å². The average Bonchev–Trinajstić information content (AvgIpc) is 2.61. The summed E-state index contributed by atoms with van der Waals surface area (Å²) in [7, 11) is 0. The molecule has 2 heterocycles. The maximum Gasteiger partial charge on any atom is 0.260 e. The van der Waals surface area contributed by atoms with Crippen molar-refractivity contribution >= 4 is 24.0 Å². The fourth-order valence-electron chi connectivity index (χ4n) is 3.20. The molecule has 3 rings (SSSR count). The molecule has 1 amide bonds. The Balaban J connectivity index is 0.00000225. The zero-order valence-corrected chi connectivity index (χ0v) is 14.9. The van der Waals surface area contributed by atoms with E-state index in [1.54, 1.807) is 9.80 Å². The van der Waals surface area contributed by atoms with Gasteiger partial charge in [-0.25, -0.2) is 8.78 Å². The van der Waals surface area contributed by atoms with E-state index in [9.17, 15) is 13.6 Å². The predicted molar refractivity (Wildman–Crippen MR) is 94.6 cm³/mol. The van der Waals surface area contributed by atoms with E-state index in [1.807, 2.05) is 0 Å². The highest BCUT2D eigenvalue weighted by Gasteiger charge is 2.21. The minimum atomic E-state index is -0.655. The summed E-state index contributed by atoms with van der Waals surface area (Å²) in [5.41, 5.74) is -0.0220. The summed E-state index contributed by atoms with van der Waals surface area (Å²) in [6, 6.07) is 2.31. The van der Waals surface area contributed by atoms with Gasteiger partial charge in [0.1, 0.15) is 11.4 Å². The zero-order chi connectivity index (χ0) is 16.9. The van der Waals surface area contributed by atoms with Crippen molar-refractivity contribution in [2.75, 3.05) is 50.8 Å². The number of hydrogen-bond acceptors (Lipinski definition) is 4. The first-order chi connectivity index (χ1) is 11.6. The number of carbonyl (C=O) groups excluding carboxylic acids is 1. The number of benzene rings is 1. The normalized spacial score (nSPS) is 17.8. The van der Waals surface area contributed by atoms with Gasteiger partial charge in [-0.15, -0.1) is 12.4 Å². The molecule has 2 fully saturated rings. The number of piperazine rings is 1. The Bertz CT molecular complexity index is 568. The standard InChI is InChI=1S/C17H23F2N3O2.ClH/c18-14-10-13(24-12-16(23)21-6-2-1-3-7-21)11-15(19)17(14)22-8-4-20-5-9-22;/h10-11,20H,1-9,12H2;1H. The second-order valence-electron chi connectivity index (χ2n) is 6.20. The molecule has 0 bridgehead atoms.